The second-order valence-corrected chi connectivity index (χ2v) is 8.27. The first-order chi connectivity index (χ1) is 11.1. The Labute approximate surface area is 139 Å². The normalized spacial score (nSPS) is 36.2. The molecule has 1 atom stereocenters. The van der Waals surface area contributed by atoms with Crippen LogP contribution in [0, 0.1) is 23.2 Å². The van der Waals surface area contributed by atoms with E-state index in [-0.39, 0.29) is 5.91 Å². The van der Waals surface area contributed by atoms with Gasteiger partial charge in [0.05, 0.1) is 0 Å². The van der Waals surface area contributed by atoms with E-state index in [0.717, 1.165) is 30.7 Å². The molecule has 0 unspecified atom stereocenters. The first kappa shape index (κ1) is 15.2. The van der Waals surface area contributed by atoms with Crippen LogP contribution in [0.4, 0.5) is 0 Å². The molecule has 0 radical (unpaired) electrons. The van der Waals surface area contributed by atoms with E-state index in [0.29, 0.717) is 17.2 Å². The van der Waals surface area contributed by atoms with Crippen molar-refractivity contribution in [3.63, 3.8) is 0 Å². The van der Waals surface area contributed by atoms with E-state index in [1.807, 2.05) is 23.9 Å². The molecule has 1 amide bonds. The largest absolute Gasteiger partial charge is 0.347 e. The fourth-order valence-electron chi connectivity index (χ4n) is 6.18. The van der Waals surface area contributed by atoms with E-state index in [1.165, 1.54) is 38.5 Å². The fraction of sp³-hybridized carbons (Fsp3) is 0.789. The van der Waals surface area contributed by atoms with Crippen molar-refractivity contribution in [2.75, 3.05) is 0 Å². The van der Waals surface area contributed by atoms with Crippen LogP contribution < -0.4 is 5.32 Å². The molecular weight excluding hydrogens is 286 g/mol. The summed E-state index contributed by atoms with van der Waals surface area (Å²) < 4.78 is 1.82. The van der Waals surface area contributed by atoms with Gasteiger partial charge in [-0.2, -0.15) is 5.10 Å². The maximum absolute atomic E-state index is 12.6. The highest BCUT2D eigenvalue weighted by Gasteiger charge is 2.54. The summed E-state index contributed by atoms with van der Waals surface area (Å²) in [6.07, 6.45) is 11.3. The molecule has 5 rings (SSSR count). The zero-order valence-corrected chi connectivity index (χ0v) is 14.4. The lowest BCUT2D eigenvalue weighted by Crippen LogP contribution is -2.56. The second kappa shape index (κ2) is 5.64. The van der Waals surface area contributed by atoms with Crippen molar-refractivity contribution in [1.82, 2.24) is 15.1 Å². The van der Waals surface area contributed by atoms with Gasteiger partial charge in [-0.15, -0.1) is 0 Å². The van der Waals surface area contributed by atoms with E-state index in [1.54, 1.807) is 0 Å². The van der Waals surface area contributed by atoms with Gasteiger partial charge in [0.2, 0.25) is 0 Å². The SMILES string of the molecule is CC[C@@H](NC(=O)c1ccn(CC)n1)C12CC3CC(CC(C3)C1)C2. The Morgan fingerprint density at radius 2 is 1.87 bits per heavy atom. The van der Waals surface area contributed by atoms with Gasteiger partial charge in [-0.1, -0.05) is 6.92 Å². The zero-order valence-electron chi connectivity index (χ0n) is 14.4. The van der Waals surface area contributed by atoms with Gasteiger partial charge in [-0.25, -0.2) is 0 Å². The summed E-state index contributed by atoms with van der Waals surface area (Å²) in [6, 6.07) is 2.15. The number of aromatic nitrogens is 2. The Kier molecular flexibility index (Phi) is 3.73. The summed E-state index contributed by atoms with van der Waals surface area (Å²) in [4.78, 5) is 12.6. The minimum Gasteiger partial charge on any atom is -0.347 e. The molecule has 4 bridgehead atoms. The Bertz CT molecular complexity index is 556. The molecule has 0 saturated heterocycles. The maximum atomic E-state index is 12.6. The molecule has 4 aliphatic rings. The van der Waals surface area contributed by atoms with Crippen molar-refractivity contribution >= 4 is 5.91 Å². The van der Waals surface area contributed by atoms with Crippen LogP contribution in [0.1, 0.15) is 69.3 Å². The highest BCUT2D eigenvalue weighted by Crippen LogP contribution is 2.61. The summed E-state index contributed by atoms with van der Waals surface area (Å²) in [5.41, 5.74) is 0.932. The van der Waals surface area contributed by atoms with Crippen LogP contribution in [0.2, 0.25) is 0 Å². The van der Waals surface area contributed by atoms with E-state index in [2.05, 4.69) is 17.3 Å². The topological polar surface area (TPSA) is 46.9 Å². The number of aryl methyl sites for hydroxylation is 1. The van der Waals surface area contributed by atoms with Crippen LogP contribution in [0.25, 0.3) is 0 Å². The number of carbonyl (C=O) groups is 1. The number of amides is 1. The number of hydrogen-bond donors (Lipinski definition) is 1. The average molecular weight is 315 g/mol. The minimum atomic E-state index is 0.0137. The van der Waals surface area contributed by atoms with Crippen molar-refractivity contribution in [3.8, 4) is 0 Å². The highest BCUT2D eigenvalue weighted by atomic mass is 16.2. The molecule has 4 fully saturated rings. The van der Waals surface area contributed by atoms with Gasteiger partial charge >= 0.3 is 0 Å². The van der Waals surface area contributed by atoms with Crippen LogP contribution in [-0.2, 0) is 6.54 Å². The standard InChI is InChI=1S/C19H29N3O/c1-3-17(20-18(23)16-5-6-22(4-2)21-16)19-10-13-7-14(11-19)9-15(8-13)12-19/h5-6,13-15,17H,3-4,7-12H2,1-2H3,(H,20,23)/t13?,14?,15?,17-,19?/m1/s1. The van der Waals surface area contributed by atoms with Crippen molar-refractivity contribution in [3.05, 3.63) is 18.0 Å². The zero-order chi connectivity index (χ0) is 16.0. The molecule has 4 aliphatic carbocycles. The quantitative estimate of drug-likeness (QED) is 0.902. The maximum Gasteiger partial charge on any atom is 0.272 e. The lowest BCUT2D eigenvalue weighted by molar-refractivity contribution is -0.0727. The lowest BCUT2D eigenvalue weighted by Gasteiger charge is -2.59. The molecule has 0 aliphatic heterocycles. The van der Waals surface area contributed by atoms with E-state index in [9.17, 15) is 4.79 Å². The molecule has 4 nitrogen and oxygen atoms in total. The molecule has 1 N–H and O–H groups in total. The molecule has 126 valence electrons. The predicted molar refractivity (Wildman–Crippen MR) is 90.1 cm³/mol. The predicted octanol–water partition coefficient (Wildman–Crippen LogP) is 3.63. The number of nitrogens with one attached hydrogen (secondary N) is 1. The Balaban J connectivity index is 1.51. The van der Waals surface area contributed by atoms with Crippen LogP contribution >= 0.6 is 0 Å². The Morgan fingerprint density at radius 1 is 1.26 bits per heavy atom. The van der Waals surface area contributed by atoms with E-state index >= 15 is 0 Å². The first-order valence-corrected chi connectivity index (χ1v) is 9.46. The summed E-state index contributed by atoms with van der Waals surface area (Å²) in [5, 5.41) is 7.73. The van der Waals surface area contributed by atoms with E-state index in [4.69, 9.17) is 0 Å². The summed E-state index contributed by atoms with van der Waals surface area (Å²) in [6.45, 7) is 5.08. The minimum absolute atomic E-state index is 0.0137. The van der Waals surface area contributed by atoms with Gasteiger partial charge in [0.15, 0.2) is 0 Å². The van der Waals surface area contributed by atoms with Crippen molar-refractivity contribution in [2.24, 2.45) is 23.2 Å². The molecule has 4 heteroatoms. The molecular formula is C19H29N3O. The third-order valence-corrected chi connectivity index (χ3v) is 6.74. The Morgan fingerprint density at radius 3 is 2.35 bits per heavy atom. The van der Waals surface area contributed by atoms with Crippen LogP contribution in [-0.4, -0.2) is 21.7 Å². The molecule has 1 heterocycles. The van der Waals surface area contributed by atoms with E-state index < -0.39 is 0 Å². The molecule has 0 spiro atoms. The number of nitrogens with zero attached hydrogens (tertiary/aromatic N) is 2. The monoisotopic (exact) mass is 315 g/mol. The molecule has 23 heavy (non-hydrogen) atoms. The summed E-state index contributed by atoms with van der Waals surface area (Å²) >= 11 is 0. The number of carbonyl (C=O) groups excluding carboxylic acids is 1. The van der Waals surface area contributed by atoms with Gasteiger partial charge < -0.3 is 5.32 Å². The van der Waals surface area contributed by atoms with Crippen LogP contribution in [0.5, 0.6) is 0 Å². The molecule has 4 saturated carbocycles. The van der Waals surface area contributed by atoms with Gasteiger partial charge in [0.25, 0.3) is 5.91 Å². The second-order valence-electron chi connectivity index (χ2n) is 8.27. The van der Waals surface area contributed by atoms with Gasteiger partial charge in [0.1, 0.15) is 5.69 Å². The summed E-state index contributed by atoms with van der Waals surface area (Å²) in [5.74, 6) is 2.78. The van der Waals surface area contributed by atoms with Crippen molar-refractivity contribution in [2.45, 2.75) is 71.4 Å². The van der Waals surface area contributed by atoms with Crippen LogP contribution in [0.15, 0.2) is 12.3 Å². The lowest BCUT2D eigenvalue weighted by atomic mass is 9.47. The number of rotatable bonds is 5. The third-order valence-electron chi connectivity index (χ3n) is 6.74. The Hall–Kier alpha value is -1.32. The fourth-order valence-corrected chi connectivity index (χ4v) is 6.18. The molecule has 1 aromatic rings. The highest BCUT2D eigenvalue weighted by molar-refractivity contribution is 5.92. The van der Waals surface area contributed by atoms with Crippen LogP contribution in [0.3, 0.4) is 0 Å². The summed E-state index contributed by atoms with van der Waals surface area (Å²) in [7, 11) is 0. The molecule has 1 aromatic heterocycles. The molecule has 0 aromatic carbocycles. The van der Waals surface area contributed by atoms with Crippen molar-refractivity contribution < 1.29 is 4.79 Å². The smallest absolute Gasteiger partial charge is 0.272 e. The van der Waals surface area contributed by atoms with Gasteiger partial charge in [-0.05, 0) is 81.1 Å². The third kappa shape index (κ3) is 2.60. The van der Waals surface area contributed by atoms with Crippen molar-refractivity contribution in [1.29, 1.82) is 0 Å². The first-order valence-electron chi connectivity index (χ1n) is 9.46. The number of hydrogen-bond acceptors (Lipinski definition) is 2. The average Bonchev–Trinajstić information content (AvgIpc) is 3.00. The van der Waals surface area contributed by atoms with Gasteiger partial charge in [0, 0.05) is 18.8 Å². The van der Waals surface area contributed by atoms with Gasteiger partial charge in [-0.3, -0.25) is 9.48 Å².